The molecule has 5 nitrogen and oxygen atoms in total. The summed E-state index contributed by atoms with van der Waals surface area (Å²) in [5.74, 6) is 1.49. The first-order valence-electron chi connectivity index (χ1n) is 6.78. The fourth-order valence-electron chi connectivity index (χ4n) is 2.27. The van der Waals surface area contributed by atoms with E-state index in [-0.39, 0.29) is 5.91 Å². The minimum absolute atomic E-state index is 0.271. The molecule has 2 aromatic carbocycles. The topological polar surface area (TPSA) is 56.8 Å². The zero-order valence-corrected chi connectivity index (χ0v) is 13.1. The molecule has 5 heteroatoms. The fraction of sp³-hybridized carbons (Fsp3) is 0.235. The van der Waals surface area contributed by atoms with Gasteiger partial charge in [0, 0.05) is 5.56 Å². The van der Waals surface area contributed by atoms with Gasteiger partial charge in [-0.05, 0) is 31.2 Å². The van der Waals surface area contributed by atoms with Gasteiger partial charge in [0.15, 0.2) is 0 Å². The van der Waals surface area contributed by atoms with Crippen molar-refractivity contribution in [3.63, 3.8) is 0 Å². The zero-order chi connectivity index (χ0) is 16.1. The van der Waals surface area contributed by atoms with Crippen molar-refractivity contribution in [2.75, 3.05) is 26.6 Å². The van der Waals surface area contributed by atoms with E-state index >= 15 is 0 Å². The maximum Gasteiger partial charge on any atom is 0.259 e. The number of methoxy groups -OCH3 is 3. The Balaban J connectivity index is 2.36. The molecule has 0 fully saturated rings. The smallest absolute Gasteiger partial charge is 0.259 e. The van der Waals surface area contributed by atoms with Crippen LogP contribution in [-0.4, -0.2) is 27.2 Å². The van der Waals surface area contributed by atoms with Crippen LogP contribution in [0, 0.1) is 6.92 Å². The Hall–Kier alpha value is -2.69. The highest BCUT2D eigenvalue weighted by atomic mass is 16.5. The quantitative estimate of drug-likeness (QED) is 0.921. The highest BCUT2D eigenvalue weighted by Gasteiger charge is 2.18. The molecule has 22 heavy (non-hydrogen) atoms. The lowest BCUT2D eigenvalue weighted by Crippen LogP contribution is -2.14. The van der Waals surface area contributed by atoms with E-state index in [2.05, 4.69) is 5.32 Å². The second-order valence-corrected chi connectivity index (χ2v) is 4.63. The molecule has 0 radical (unpaired) electrons. The van der Waals surface area contributed by atoms with E-state index in [1.54, 1.807) is 38.5 Å². The average Bonchev–Trinajstić information content (AvgIpc) is 2.54. The first-order valence-corrected chi connectivity index (χ1v) is 6.78. The number of anilines is 1. The van der Waals surface area contributed by atoms with Crippen LogP contribution in [0.1, 0.15) is 15.9 Å². The van der Waals surface area contributed by atoms with Crippen LogP contribution in [0.2, 0.25) is 0 Å². The molecule has 0 saturated carbocycles. The van der Waals surface area contributed by atoms with Crippen molar-refractivity contribution in [2.45, 2.75) is 6.92 Å². The minimum Gasteiger partial charge on any atom is -0.496 e. The second kappa shape index (κ2) is 6.85. The standard InChI is InChI=1S/C17H19NO4/c1-11-14(20-2)10-9-12(16(11)22-4)17(19)18-13-7-5-6-8-15(13)21-3/h5-10H,1-4H3,(H,18,19). The Bertz CT molecular complexity index is 682. The summed E-state index contributed by atoms with van der Waals surface area (Å²) in [4.78, 5) is 12.5. The number of nitrogens with one attached hydrogen (secondary N) is 1. The lowest BCUT2D eigenvalue weighted by atomic mass is 10.1. The molecule has 0 aliphatic carbocycles. The van der Waals surface area contributed by atoms with Crippen molar-refractivity contribution in [3.05, 3.63) is 47.5 Å². The van der Waals surface area contributed by atoms with Crippen LogP contribution >= 0.6 is 0 Å². The van der Waals surface area contributed by atoms with E-state index in [4.69, 9.17) is 14.2 Å². The number of carbonyl (C=O) groups excluding carboxylic acids is 1. The van der Waals surface area contributed by atoms with Gasteiger partial charge in [-0.25, -0.2) is 0 Å². The van der Waals surface area contributed by atoms with Crippen LogP contribution in [0.4, 0.5) is 5.69 Å². The van der Waals surface area contributed by atoms with E-state index in [0.717, 1.165) is 5.56 Å². The third-order valence-corrected chi connectivity index (χ3v) is 3.38. The Morgan fingerprint density at radius 1 is 0.909 bits per heavy atom. The first kappa shape index (κ1) is 15.7. The number of rotatable bonds is 5. The number of hydrogen-bond donors (Lipinski definition) is 1. The van der Waals surface area contributed by atoms with E-state index in [9.17, 15) is 4.79 Å². The van der Waals surface area contributed by atoms with E-state index in [1.165, 1.54) is 7.11 Å². The molecule has 0 heterocycles. The summed E-state index contributed by atoms with van der Waals surface area (Å²) in [5.41, 5.74) is 1.81. The van der Waals surface area contributed by atoms with Crippen LogP contribution < -0.4 is 19.5 Å². The van der Waals surface area contributed by atoms with Gasteiger partial charge in [0.2, 0.25) is 0 Å². The molecule has 1 N–H and O–H groups in total. The summed E-state index contributed by atoms with van der Waals surface area (Å²) in [6, 6.07) is 10.7. The molecule has 0 aliphatic rings. The van der Waals surface area contributed by atoms with Gasteiger partial charge >= 0.3 is 0 Å². The van der Waals surface area contributed by atoms with Crippen LogP contribution in [-0.2, 0) is 0 Å². The Morgan fingerprint density at radius 2 is 1.59 bits per heavy atom. The second-order valence-electron chi connectivity index (χ2n) is 4.63. The largest absolute Gasteiger partial charge is 0.496 e. The normalized spacial score (nSPS) is 10.0. The van der Waals surface area contributed by atoms with Crippen molar-refractivity contribution in [3.8, 4) is 17.2 Å². The maximum absolute atomic E-state index is 12.5. The summed E-state index contributed by atoms with van der Waals surface area (Å²) in [6.45, 7) is 1.84. The third kappa shape index (κ3) is 2.98. The van der Waals surface area contributed by atoms with Gasteiger partial charge in [-0.3, -0.25) is 4.79 Å². The Morgan fingerprint density at radius 3 is 2.23 bits per heavy atom. The van der Waals surface area contributed by atoms with E-state index in [0.29, 0.717) is 28.5 Å². The minimum atomic E-state index is -0.271. The SMILES string of the molecule is COc1ccccc1NC(=O)c1ccc(OC)c(C)c1OC. The molecule has 0 unspecified atom stereocenters. The molecular weight excluding hydrogens is 282 g/mol. The van der Waals surface area contributed by atoms with Gasteiger partial charge < -0.3 is 19.5 Å². The predicted molar refractivity (Wildman–Crippen MR) is 85.2 cm³/mol. The molecular formula is C17H19NO4. The number of carbonyl (C=O) groups is 1. The molecule has 1 amide bonds. The molecule has 0 aromatic heterocycles. The van der Waals surface area contributed by atoms with Crippen molar-refractivity contribution < 1.29 is 19.0 Å². The lowest BCUT2D eigenvalue weighted by molar-refractivity contribution is 0.102. The fourth-order valence-corrected chi connectivity index (χ4v) is 2.27. The molecule has 116 valence electrons. The third-order valence-electron chi connectivity index (χ3n) is 3.38. The monoisotopic (exact) mass is 301 g/mol. The van der Waals surface area contributed by atoms with Crippen LogP contribution in [0.3, 0.4) is 0 Å². The predicted octanol–water partition coefficient (Wildman–Crippen LogP) is 3.27. The van der Waals surface area contributed by atoms with Gasteiger partial charge in [-0.1, -0.05) is 12.1 Å². The van der Waals surface area contributed by atoms with Crippen LogP contribution in [0.15, 0.2) is 36.4 Å². The van der Waals surface area contributed by atoms with Gasteiger partial charge in [-0.2, -0.15) is 0 Å². The van der Waals surface area contributed by atoms with Crippen LogP contribution in [0.25, 0.3) is 0 Å². The number of ether oxygens (including phenoxy) is 3. The highest BCUT2D eigenvalue weighted by molar-refractivity contribution is 6.07. The van der Waals surface area contributed by atoms with Crippen LogP contribution in [0.5, 0.6) is 17.2 Å². The molecule has 0 aliphatic heterocycles. The van der Waals surface area contributed by atoms with Gasteiger partial charge in [0.05, 0.1) is 32.6 Å². The highest BCUT2D eigenvalue weighted by Crippen LogP contribution is 2.32. The van der Waals surface area contributed by atoms with Gasteiger partial charge in [0.25, 0.3) is 5.91 Å². The number of benzene rings is 2. The average molecular weight is 301 g/mol. The zero-order valence-electron chi connectivity index (χ0n) is 13.1. The summed E-state index contributed by atoms with van der Waals surface area (Å²) in [5, 5.41) is 2.83. The van der Waals surface area contributed by atoms with E-state index in [1.807, 2.05) is 19.1 Å². The number of hydrogen-bond acceptors (Lipinski definition) is 4. The van der Waals surface area contributed by atoms with Gasteiger partial charge in [0.1, 0.15) is 17.2 Å². The molecule has 0 spiro atoms. The van der Waals surface area contributed by atoms with E-state index < -0.39 is 0 Å². The van der Waals surface area contributed by atoms with Crippen molar-refractivity contribution in [2.24, 2.45) is 0 Å². The molecule has 2 aromatic rings. The van der Waals surface area contributed by atoms with Crippen molar-refractivity contribution >= 4 is 11.6 Å². The lowest BCUT2D eigenvalue weighted by Gasteiger charge is -2.15. The summed E-state index contributed by atoms with van der Waals surface area (Å²) in [6.07, 6.45) is 0. The number of amides is 1. The summed E-state index contributed by atoms with van der Waals surface area (Å²) >= 11 is 0. The summed E-state index contributed by atoms with van der Waals surface area (Å²) in [7, 11) is 4.67. The summed E-state index contributed by atoms with van der Waals surface area (Å²) < 4.78 is 15.8. The van der Waals surface area contributed by atoms with Gasteiger partial charge in [-0.15, -0.1) is 0 Å². The number of para-hydroxylation sites is 2. The maximum atomic E-state index is 12.5. The Kier molecular flexibility index (Phi) is 4.88. The Labute approximate surface area is 129 Å². The van der Waals surface area contributed by atoms with Crippen molar-refractivity contribution in [1.82, 2.24) is 0 Å². The van der Waals surface area contributed by atoms with Crippen molar-refractivity contribution in [1.29, 1.82) is 0 Å². The molecule has 2 rings (SSSR count). The molecule has 0 bridgehead atoms. The molecule has 0 saturated heterocycles. The first-order chi connectivity index (χ1) is 10.6. The molecule has 0 atom stereocenters.